The van der Waals surface area contributed by atoms with Crippen LogP contribution in [0, 0.1) is 0 Å². The molecule has 1 atom stereocenters. The predicted octanol–water partition coefficient (Wildman–Crippen LogP) is 2.89. The van der Waals surface area contributed by atoms with Gasteiger partial charge in [0.05, 0.1) is 12.0 Å². The van der Waals surface area contributed by atoms with Crippen LogP contribution in [0.25, 0.3) is 0 Å². The van der Waals surface area contributed by atoms with Crippen molar-refractivity contribution in [2.75, 3.05) is 26.1 Å². The van der Waals surface area contributed by atoms with E-state index in [0.29, 0.717) is 6.04 Å². The number of rotatable bonds is 8. The molecule has 1 rings (SSSR count). The van der Waals surface area contributed by atoms with E-state index in [2.05, 4.69) is 24.1 Å². The molecule has 0 saturated heterocycles. The van der Waals surface area contributed by atoms with Crippen LogP contribution in [-0.2, 0) is 6.54 Å². The zero-order valence-corrected chi connectivity index (χ0v) is 12.9. The van der Waals surface area contributed by atoms with E-state index < -0.39 is 0 Å². The molecule has 0 aromatic carbocycles. The molecule has 1 aromatic heterocycles. The van der Waals surface area contributed by atoms with Crippen LogP contribution >= 0.6 is 11.3 Å². The molecule has 0 aliphatic rings. The minimum absolute atomic E-state index is 0.588. The van der Waals surface area contributed by atoms with E-state index in [1.807, 2.05) is 19.0 Å². The van der Waals surface area contributed by atoms with Gasteiger partial charge in [0.25, 0.3) is 0 Å². The molecule has 0 amide bonds. The Morgan fingerprint density at radius 3 is 2.61 bits per heavy atom. The Labute approximate surface area is 114 Å². The van der Waals surface area contributed by atoms with Crippen molar-refractivity contribution < 1.29 is 4.74 Å². The lowest BCUT2D eigenvalue weighted by Gasteiger charge is -2.15. The van der Waals surface area contributed by atoms with Gasteiger partial charge in [0, 0.05) is 26.7 Å². The van der Waals surface area contributed by atoms with E-state index in [4.69, 9.17) is 4.74 Å². The van der Waals surface area contributed by atoms with Crippen LogP contribution in [0.3, 0.4) is 0 Å². The summed E-state index contributed by atoms with van der Waals surface area (Å²) in [6, 6.07) is 0.588. The van der Waals surface area contributed by atoms with Crippen LogP contribution in [0.1, 0.15) is 38.0 Å². The number of nitrogens with one attached hydrogen (secondary N) is 1. The predicted molar refractivity (Wildman–Crippen MR) is 78.8 cm³/mol. The van der Waals surface area contributed by atoms with Crippen molar-refractivity contribution in [3.05, 3.63) is 4.88 Å². The smallest absolute Gasteiger partial charge is 0.230 e. The van der Waals surface area contributed by atoms with E-state index in [9.17, 15) is 0 Å². The Morgan fingerprint density at radius 1 is 1.39 bits per heavy atom. The van der Waals surface area contributed by atoms with Crippen LogP contribution in [0.15, 0.2) is 0 Å². The number of anilines is 1. The summed E-state index contributed by atoms with van der Waals surface area (Å²) in [5.41, 5.74) is 0. The monoisotopic (exact) mass is 271 g/mol. The number of ether oxygens (including phenoxy) is 1. The number of thiazole rings is 1. The lowest BCUT2D eigenvalue weighted by molar-refractivity contribution is 0.390. The Kier molecular flexibility index (Phi) is 6.43. The molecule has 104 valence electrons. The third-order valence-electron chi connectivity index (χ3n) is 2.91. The SMILES string of the molecule is CCCC(CC)NCc1sc(N(C)C)nc1OC. The normalized spacial score (nSPS) is 12.5. The van der Waals surface area contributed by atoms with Crippen molar-refractivity contribution in [1.82, 2.24) is 10.3 Å². The van der Waals surface area contributed by atoms with Gasteiger partial charge in [-0.05, 0) is 12.8 Å². The lowest BCUT2D eigenvalue weighted by Crippen LogP contribution is -2.27. The molecule has 0 spiro atoms. The molecule has 18 heavy (non-hydrogen) atoms. The standard InChI is InChI=1S/C13H25N3OS/c1-6-8-10(7-2)14-9-11-12(17-5)15-13(18-11)16(3)4/h10,14H,6-9H2,1-5H3. The van der Waals surface area contributed by atoms with Gasteiger partial charge in [-0.3, -0.25) is 0 Å². The highest BCUT2D eigenvalue weighted by Crippen LogP contribution is 2.30. The zero-order valence-electron chi connectivity index (χ0n) is 12.1. The molecular formula is C13H25N3OS. The summed E-state index contributed by atoms with van der Waals surface area (Å²) < 4.78 is 5.33. The maximum atomic E-state index is 5.33. The van der Waals surface area contributed by atoms with Crippen LogP contribution in [-0.4, -0.2) is 32.2 Å². The number of methoxy groups -OCH3 is 1. The minimum Gasteiger partial charge on any atom is -0.480 e. The van der Waals surface area contributed by atoms with Gasteiger partial charge in [-0.1, -0.05) is 31.6 Å². The molecule has 1 heterocycles. The quantitative estimate of drug-likeness (QED) is 0.789. The second-order valence-corrected chi connectivity index (χ2v) is 5.66. The molecule has 1 aromatic rings. The third-order valence-corrected chi connectivity index (χ3v) is 4.11. The van der Waals surface area contributed by atoms with E-state index >= 15 is 0 Å². The first-order valence-corrected chi connectivity index (χ1v) is 7.38. The van der Waals surface area contributed by atoms with Gasteiger partial charge < -0.3 is 15.0 Å². The highest BCUT2D eigenvalue weighted by molar-refractivity contribution is 7.15. The average molecular weight is 271 g/mol. The molecule has 0 aliphatic heterocycles. The molecule has 0 fully saturated rings. The highest BCUT2D eigenvalue weighted by Gasteiger charge is 2.14. The van der Waals surface area contributed by atoms with E-state index in [0.717, 1.165) is 24.0 Å². The third kappa shape index (κ3) is 4.14. The van der Waals surface area contributed by atoms with E-state index in [1.165, 1.54) is 17.7 Å². The van der Waals surface area contributed by atoms with Gasteiger partial charge in [-0.25, -0.2) is 0 Å². The largest absolute Gasteiger partial charge is 0.480 e. The molecule has 0 radical (unpaired) electrons. The zero-order chi connectivity index (χ0) is 13.5. The Morgan fingerprint density at radius 2 is 2.11 bits per heavy atom. The van der Waals surface area contributed by atoms with Crippen molar-refractivity contribution >= 4 is 16.5 Å². The first-order chi connectivity index (χ1) is 8.62. The maximum Gasteiger partial charge on any atom is 0.230 e. The number of hydrogen-bond acceptors (Lipinski definition) is 5. The summed E-state index contributed by atoms with van der Waals surface area (Å²) in [6.45, 7) is 5.29. The number of nitrogens with zero attached hydrogens (tertiary/aromatic N) is 2. The lowest BCUT2D eigenvalue weighted by atomic mass is 10.1. The molecule has 1 unspecified atom stereocenters. The first kappa shape index (κ1) is 15.2. The van der Waals surface area contributed by atoms with Crippen LogP contribution in [0.2, 0.25) is 0 Å². The van der Waals surface area contributed by atoms with Crippen LogP contribution < -0.4 is 15.0 Å². The summed E-state index contributed by atoms with van der Waals surface area (Å²) in [5, 5.41) is 4.58. The number of aromatic nitrogens is 1. The van der Waals surface area contributed by atoms with Crippen molar-refractivity contribution in [1.29, 1.82) is 0 Å². The Balaban J connectivity index is 2.65. The second kappa shape index (κ2) is 7.59. The molecule has 4 nitrogen and oxygen atoms in total. The Bertz CT molecular complexity index is 352. The highest BCUT2D eigenvalue weighted by atomic mass is 32.1. The fourth-order valence-electron chi connectivity index (χ4n) is 1.82. The topological polar surface area (TPSA) is 37.4 Å². The summed E-state index contributed by atoms with van der Waals surface area (Å²) in [7, 11) is 5.68. The average Bonchev–Trinajstić information content (AvgIpc) is 2.77. The maximum absolute atomic E-state index is 5.33. The van der Waals surface area contributed by atoms with Crippen LogP contribution in [0.4, 0.5) is 5.13 Å². The Hall–Kier alpha value is -0.810. The van der Waals surface area contributed by atoms with Gasteiger partial charge >= 0.3 is 0 Å². The van der Waals surface area contributed by atoms with Gasteiger partial charge in [-0.15, -0.1) is 0 Å². The van der Waals surface area contributed by atoms with Gasteiger partial charge in [-0.2, -0.15) is 4.98 Å². The summed E-state index contributed by atoms with van der Waals surface area (Å²) in [6.07, 6.45) is 3.60. The van der Waals surface area contributed by atoms with Crippen molar-refractivity contribution in [2.24, 2.45) is 0 Å². The first-order valence-electron chi connectivity index (χ1n) is 6.56. The fourth-order valence-corrected chi connectivity index (χ4v) is 2.73. The second-order valence-electron chi connectivity index (χ2n) is 4.60. The van der Waals surface area contributed by atoms with Crippen molar-refractivity contribution in [2.45, 2.75) is 45.7 Å². The van der Waals surface area contributed by atoms with Gasteiger partial charge in [0.1, 0.15) is 0 Å². The minimum atomic E-state index is 0.588. The van der Waals surface area contributed by atoms with Gasteiger partial charge in [0.2, 0.25) is 5.88 Å². The summed E-state index contributed by atoms with van der Waals surface area (Å²) >= 11 is 1.69. The molecule has 0 aliphatic carbocycles. The van der Waals surface area contributed by atoms with Crippen molar-refractivity contribution in [3.63, 3.8) is 0 Å². The summed E-state index contributed by atoms with van der Waals surface area (Å²) in [5.74, 6) is 0.752. The number of hydrogen-bond donors (Lipinski definition) is 1. The molecule has 0 bridgehead atoms. The molecule has 5 heteroatoms. The van der Waals surface area contributed by atoms with E-state index in [-0.39, 0.29) is 0 Å². The molecular weight excluding hydrogens is 246 g/mol. The van der Waals surface area contributed by atoms with Crippen LogP contribution in [0.5, 0.6) is 5.88 Å². The summed E-state index contributed by atoms with van der Waals surface area (Å²) in [4.78, 5) is 7.65. The molecule has 0 saturated carbocycles. The van der Waals surface area contributed by atoms with E-state index in [1.54, 1.807) is 18.4 Å². The molecule has 1 N–H and O–H groups in total. The van der Waals surface area contributed by atoms with Crippen molar-refractivity contribution in [3.8, 4) is 5.88 Å². The fraction of sp³-hybridized carbons (Fsp3) is 0.769. The van der Waals surface area contributed by atoms with Gasteiger partial charge in [0.15, 0.2) is 5.13 Å².